The van der Waals surface area contributed by atoms with Crippen LogP contribution in [0.3, 0.4) is 0 Å². The first kappa shape index (κ1) is 14.2. The number of rotatable bonds is 5. The SMILES string of the molecule is Cc1nn(C)c(N(CC(F)(F)F)C2CC2)c1CCN. The summed E-state index contributed by atoms with van der Waals surface area (Å²) in [4.78, 5) is 1.44. The summed E-state index contributed by atoms with van der Waals surface area (Å²) >= 11 is 0. The van der Waals surface area contributed by atoms with Crippen molar-refractivity contribution < 1.29 is 13.2 Å². The van der Waals surface area contributed by atoms with Crippen molar-refractivity contribution in [3.63, 3.8) is 0 Å². The van der Waals surface area contributed by atoms with E-state index in [1.807, 2.05) is 6.92 Å². The fourth-order valence-corrected chi connectivity index (χ4v) is 2.44. The van der Waals surface area contributed by atoms with E-state index in [1.54, 1.807) is 11.7 Å². The van der Waals surface area contributed by atoms with Crippen LogP contribution in [0.1, 0.15) is 24.1 Å². The van der Waals surface area contributed by atoms with Crippen molar-refractivity contribution in [2.24, 2.45) is 12.8 Å². The summed E-state index contributed by atoms with van der Waals surface area (Å²) < 4.78 is 39.8. The molecule has 7 heteroatoms. The molecule has 0 spiro atoms. The third-order valence-electron chi connectivity index (χ3n) is 3.32. The molecule has 0 aliphatic heterocycles. The normalized spacial score (nSPS) is 15.9. The van der Waals surface area contributed by atoms with E-state index in [0.717, 1.165) is 24.1 Å². The topological polar surface area (TPSA) is 47.1 Å². The lowest BCUT2D eigenvalue weighted by Crippen LogP contribution is -2.37. The van der Waals surface area contributed by atoms with Gasteiger partial charge in [-0.1, -0.05) is 0 Å². The first-order chi connectivity index (χ1) is 8.83. The van der Waals surface area contributed by atoms with Gasteiger partial charge in [0, 0.05) is 18.7 Å². The summed E-state index contributed by atoms with van der Waals surface area (Å²) in [5.74, 6) is 0.572. The molecule has 1 aliphatic rings. The Morgan fingerprint density at radius 2 is 2.05 bits per heavy atom. The van der Waals surface area contributed by atoms with Crippen molar-refractivity contribution in [1.29, 1.82) is 0 Å². The largest absolute Gasteiger partial charge is 0.405 e. The van der Waals surface area contributed by atoms with Crippen LogP contribution in [0.4, 0.5) is 19.0 Å². The average molecular weight is 276 g/mol. The van der Waals surface area contributed by atoms with Crippen LogP contribution in [0.2, 0.25) is 0 Å². The van der Waals surface area contributed by atoms with Crippen LogP contribution in [0.5, 0.6) is 0 Å². The van der Waals surface area contributed by atoms with Crippen molar-refractivity contribution in [2.45, 2.75) is 38.4 Å². The number of halogens is 3. The maximum atomic E-state index is 12.7. The van der Waals surface area contributed by atoms with E-state index in [2.05, 4.69) is 5.10 Å². The smallest absolute Gasteiger partial charge is 0.345 e. The quantitative estimate of drug-likeness (QED) is 0.891. The highest BCUT2D eigenvalue weighted by Gasteiger charge is 2.40. The monoisotopic (exact) mass is 276 g/mol. The third kappa shape index (κ3) is 3.20. The van der Waals surface area contributed by atoms with Gasteiger partial charge >= 0.3 is 6.18 Å². The zero-order valence-corrected chi connectivity index (χ0v) is 11.2. The van der Waals surface area contributed by atoms with Gasteiger partial charge < -0.3 is 10.6 Å². The molecule has 0 saturated heterocycles. The number of aromatic nitrogens is 2. The third-order valence-corrected chi connectivity index (χ3v) is 3.32. The van der Waals surface area contributed by atoms with Crippen LogP contribution in [-0.4, -0.2) is 35.1 Å². The summed E-state index contributed by atoms with van der Waals surface area (Å²) in [6, 6.07) is -0.0204. The molecule has 1 aliphatic carbocycles. The molecule has 1 heterocycles. The highest BCUT2D eigenvalue weighted by molar-refractivity contribution is 5.52. The van der Waals surface area contributed by atoms with Crippen LogP contribution in [0.15, 0.2) is 0 Å². The Bertz CT molecular complexity index is 449. The first-order valence-electron chi connectivity index (χ1n) is 6.39. The van der Waals surface area contributed by atoms with E-state index < -0.39 is 12.7 Å². The Morgan fingerprint density at radius 1 is 1.42 bits per heavy atom. The molecule has 2 N–H and O–H groups in total. The van der Waals surface area contributed by atoms with E-state index >= 15 is 0 Å². The maximum absolute atomic E-state index is 12.7. The Hall–Kier alpha value is -1.24. The molecule has 19 heavy (non-hydrogen) atoms. The highest BCUT2D eigenvalue weighted by Crippen LogP contribution is 2.36. The molecular formula is C12H19F3N4. The lowest BCUT2D eigenvalue weighted by atomic mass is 10.1. The zero-order valence-electron chi connectivity index (χ0n) is 11.2. The highest BCUT2D eigenvalue weighted by atomic mass is 19.4. The number of aryl methyl sites for hydroxylation is 2. The van der Waals surface area contributed by atoms with Gasteiger partial charge in [0.15, 0.2) is 0 Å². The van der Waals surface area contributed by atoms with E-state index in [9.17, 15) is 13.2 Å². The van der Waals surface area contributed by atoms with Crippen molar-refractivity contribution in [1.82, 2.24) is 9.78 Å². The van der Waals surface area contributed by atoms with Crippen LogP contribution in [0, 0.1) is 6.92 Å². The van der Waals surface area contributed by atoms with Gasteiger partial charge in [0.05, 0.1) is 5.69 Å². The number of hydrogen-bond donors (Lipinski definition) is 1. The summed E-state index contributed by atoms with van der Waals surface area (Å²) in [5.41, 5.74) is 7.14. The maximum Gasteiger partial charge on any atom is 0.405 e. The fourth-order valence-electron chi connectivity index (χ4n) is 2.44. The van der Waals surface area contributed by atoms with Gasteiger partial charge in [-0.05, 0) is 32.7 Å². The predicted molar refractivity (Wildman–Crippen MR) is 67.1 cm³/mol. The molecule has 0 bridgehead atoms. The second-order valence-corrected chi connectivity index (χ2v) is 5.02. The van der Waals surface area contributed by atoms with Gasteiger partial charge in [-0.2, -0.15) is 18.3 Å². The van der Waals surface area contributed by atoms with E-state index in [4.69, 9.17) is 5.73 Å². The van der Waals surface area contributed by atoms with E-state index in [1.165, 1.54) is 4.90 Å². The minimum absolute atomic E-state index is 0.0204. The molecule has 0 aromatic carbocycles. The first-order valence-corrected chi connectivity index (χ1v) is 6.39. The Balaban J connectivity index is 2.35. The number of alkyl halides is 3. The van der Waals surface area contributed by atoms with Gasteiger partial charge in [-0.15, -0.1) is 0 Å². The van der Waals surface area contributed by atoms with Crippen molar-refractivity contribution in [2.75, 3.05) is 18.0 Å². The molecule has 0 amide bonds. The molecule has 1 aromatic rings. The summed E-state index contributed by atoms with van der Waals surface area (Å²) in [6.45, 7) is 1.30. The second-order valence-electron chi connectivity index (χ2n) is 5.02. The van der Waals surface area contributed by atoms with Gasteiger partial charge in [0.2, 0.25) is 0 Å². The minimum atomic E-state index is -4.21. The number of nitrogens with zero attached hydrogens (tertiary/aromatic N) is 3. The fraction of sp³-hybridized carbons (Fsp3) is 0.750. The van der Waals surface area contributed by atoms with Gasteiger partial charge in [0.25, 0.3) is 0 Å². The van der Waals surface area contributed by atoms with Gasteiger partial charge in [-0.25, -0.2) is 0 Å². The Morgan fingerprint density at radius 3 is 2.53 bits per heavy atom. The molecule has 0 unspecified atom stereocenters. The van der Waals surface area contributed by atoms with Crippen LogP contribution < -0.4 is 10.6 Å². The number of hydrogen-bond acceptors (Lipinski definition) is 3. The molecule has 0 atom stereocenters. The number of anilines is 1. The predicted octanol–water partition coefficient (Wildman–Crippen LogP) is 1.76. The van der Waals surface area contributed by atoms with Gasteiger partial charge in [0.1, 0.15) is 12.4 Å². The number of nitrogens with two attached hydrogens (primary N) is 1. The van der Waals surface area contributed by atoms with Crippen molar-refractivity contribution >= 4 is 5.82 Å². The second kappa shape index (κ2) is 5.03. The Labute approximate surface area is 110 Å². The Kier molecular flexibility index (Phi) is 3.75. The zero-order chi connectivity index (χ0) is 14.2. The molecule has 1 saturated carbocycles. The molecule has 0 radical (unpaired) electrons. The van der Waals surface area contributed by atoms with E-state index in [-0.39, 0.29) is 6.04 Å². The van der Waals surface area contributed by atoms with Crippen LogP contribution in [-0.2, 0) is 13.5 Å². The van der Waals surface area contributed by atoms with E-state index in [0.29, 0.717) is 18.8 Å². The van der Waals surface area contributed by atoms with Crippen molar-refractivity contribution in [3.8, 4) is 0 Å². The molecule has 2 rings (SSSR count). The summed E-state index contributed by atoms with van der Waals surface area (Å²) in [7, 11) is 1.69. The molecule has 1 fully saturated rings. The van der Waals surface area contributed by atoms with Crippen molar-refractivity contribution in [3.05, 3.63) is 11.3 Å². The molecular weight excluding hydrogens is 257 g/mol. The lowest BCUT2D eigenvalue weighted by molar-refractivity contribution is -0.120. The molecule has 108 valence electrons. The molecule has 4 nitrogen and oxygen atoms in total. The average Bonchev–Trinajstić information content (AvgIpc) is 3.04. The minimum Gasteiger partial charge on any atom is -0.345 e. The molecule has 1 aromatic heterocycles. The summed E-state index contributed by atoms with van der Waals surface area (Å²) in [6.07, 6.45) is -2.04. The van der Waals surface area contributed by atoms with Crippen LogP contribution in [0.25, 0.3) is 0 Å². The van der Waals surface area contributed by atoms with Gasteiger partial charge in [-0.3, -0.25) is 4.68 Å². The standard InChI is InChI=1S/C12H19F3N4/c1-8-10(5-6-16)11(18(2)17-8)19(9-3-4-9)7-12(13,14)15/h9H,3-7,16H2,1-2H3. The van der Waals surface area contributed by atoms with Crippen LogP contribution >= 0.6 is 0 Å². The summed E-state index contributed by atoms with van der Waals surface area (Å²) in [5, 5.41) is 4.24. The lowest BCUT2D eigenvalue weighted by Gasteiger charge is -2.27.